The molecule has 6 heteroatoms. The van der Waals surface area contributed by atoms with E-state index in [2.05, 4.69) is 12.6 Å². The Balaban J connectivity index is 0. The Kier molecular flexibility index (Phi) is 7.79. The van der Waals surface area contributed by atoms with E-state index in [1.165, 1.54) is 0 Å². The predicted molar refractivity (Wildman–Crippen MR) is 38.4 cm³/mol. The van der Waals surface area contributed by atoms with Crippen molar-refractivity contribution in [1.29, 1.82) is 0 Å². The van der Waals surface area contributed by atoms with E-state index in [0.717, 1.165) is 0 Å². The maximum Gasteiger partial charge on any atom is 0.316 e. The molecule has 1 unspecified atom stereocenters. The van der Waals surface area contributed by atoms with Gasteiger partial charge < -0.3 is 10.2 Å². The first-order chi connectivity index (χ1) is 4.04. The number of thiol groups is 1. The first-order valence-electron chi connectivity index (χ1n) is 2.16. The number of carbonyl (C=O) groups is 2. The molecule has 0 fully saturated rings. The van der Waals surface area contributed by atoms with Gasteiger partial charge in [-0.15, -0.1) is 0 Å². The van der Waals surface area contributed by atoms with E-state index in [9.17, 15) is 9.59 Å². The van der Waals surface area contributed by atoms with E-state index in [0.29, 0.717) is 0 Å². The molecule has 4 nitrogen and oxygen atoms in total. The Morgan fingerprint density at radius 2 is 1.80 bits per heavy atom. The summed E-state index contributed by atoms with van der Waals surface area (Å²) in [5, 5.41) is 15.0. The van der Waals surface area contributed by atoms with Crippen LogP contribution in [-0.2, 0) is 9.59 Å². The number of hydrogen-bond acceptors (Lipinski definition) is 3. The molecule has 0 rings (SSSR count). The summed E-state index contributed by atoms with van der Waals surface area (Å²) in [6, 6.07) is 0. The fourth-order valence-electron chi connectivity index (χ4n) is 0.253. The molecule has 0 aliphatic rings. The molecule has 0 aliphatic carbocycles. The smallest absolute Gasteiger partial charge is 0.316 e. The van der Waals surface area contributed by atoms with Crippen LogP contribution in [0.15, 0.2) is 0 Å². The topological polar surface area (TPSA) is 74.6 Å². The van der Waals surface area contributed by atoms with Crippen molar-refractivity contribution in [3.63, 3.8) is 0 Å². The van der Waals surface area contributed by atoms with Crippen molar-refractivity contribution in [2.24, 2.45) is 0 Å². The average molecular weight is 173 g/mol. The minimum absolute atomic E-state index is 0. The molecule has 10 heavy (non-hydrogen) atoms. The van der Waals surface area contributed by atoms with Gasteiger partial charge in [0.05, 0.1) is 6.42 Å². The first-order valence-corrected chi connectivity index (χ1v) is 2.68. The fourth-order valence-corrected chi connectivity index (χ4v) is 0.409. The maximum absolute atomic E-state index is 9.90. The van der Waals surface area contributed by atoms with Crippen molar-refractivity contribution in [1.82, 2.24) is 0 Å². The zero-order valence-electron chi connectivity index (χ0n) is 5.44. The van der Waals surface area contributed by atoms with Crippen molar-refractivity contribution in [2.45, 2.75) is 11.7 Å². The summed E-state index contributed by atoms with van der Waals surface area (Å²) >= 11 is 3.48. The molecule has 53 valence electrons. The Morgan fingerprint density at radius 3 is 1.90 bits per heavy atom. The molecule has 0 heterocycles. The zero-order chi connectivity index (χ0) is 7.44. The largest absolute Gasteiger partial charge is 0.481 e. The van der Waals surface area contributed by atoms with Crippen LogP contribution in [0.5, 0.6) is 0 Å². The van der Waals surface area contributed by atoms with Gasteiger partial charge in [-0.05, 0) is 0 Å². The van der Waals surface area contributed by atoms with Gasteiger partial charge in [-0.25, -0.2) is 0 Å². The Bertz CT molecular complexity index is 137. The average Bonchev–Trinajstić information content (AvgIpc) is 1.63. The van der Waals surface area contributed by atoms with Crippen LogP contribution in [0.25, 0.3) is 0 Å². The standard InChI is InChI=1S/C4H6O4S.Na/c5-3(6)1-2(9)4(7)8;/h2,9H,1H2,(H,5,6)(H,7,8);. The van der Waals surface area contributed by atoms with Crippen molar-refractivity contribution in [3.8, 4) is 0 Å². The Hall–Kier alpha value is 0.290. The second-order valence-corrected chi connectivity index (χ2v) is 2.08. The molecule has 0 bridgehead atoms. The molecule has 0 saturated heterocycles. The van der Waals surface area contributed by atoms with Gasteiger partial charge >= 0.3 is 11.9 Å². The van der Waals surface area contributed by atoms with E-state index < -0.39 is 23.6 Å². The third-order valence-corrected chi connectivity index (χ3v) is 1.06. The van der Waals surface area contributed by atoms with Crippen LogP contribution >= 0.6 is 12.6 Å². The Morgan fingerprint density at radius 1 is 1.40 bits per heavy atom. The summed E-state index contributed by atoms with van der Waals surface area (Å²) in [6.07, 6.45) is -0.446. The van der Waals surface area contributed by atoms with Gasteiger partial charge in [-0.2, -0.15) is 12.6 Å². The maximum atomic E-state index is 9.90. The van der Waals surface area contributed by atoms with E-state index in [-0.39, 0.29) is 29.6 Å². The van der Waals surface area contributed by atoms with E-state index in [1.54, 1.807) is 0 Å². The molecule has 0 aromatic heterocycles. The number of hydrogen-bond donors (Lipinski definition) is 3. The van der Waals surface area contributed by atoms with Crippen molar-refractivity contribution in [2.75, 3.05) is 0 Å². The summed E-state index contributed by atoms with van der Waals surface area (Å²) in [5.41, 5.74) is 0. The molecule has 0 spiro atoms. The van der Waals surface area contributed by atoms with Crippen LogP contribution in [0.3, 0.4) is 0 Å². The van der Waals surface area contributed by atoms with Crippen LogP contribution in [0.4, 0.5) is 0 Å². The molecule has 1 atom stereocenters. The number of aliphatic carboxylic acids is 2. The van der Waals surface area contributed by atoms with Crippen molar-refractivity contribution < 1.29 is 19.8 Å². The molecule has 1 radical (unpaired) electrons. The second-order valence-electron chi connectivity index (χ2n) is 1.45. The number of carboxylic acids is 2. The predicted octanol–water partition coefficient (Wildman–Crippen LogP) is -0.537. The van der Waals surface area contributed by atoms with Gasteiger partial charge in [-0.1, -0.05) is 0 Å². The van der Waals surface area contributed by atoms with Crippen molar-refractivity contribution in [3.05, 3.63) is 0 Å². The van der Waals surface area contributed by atoms with Crippen molar-refractivity contribution >= 4 is 54.1 Å². The molecular weight excluding hydrogens is 167 g/mol. The summed E-state index contributed by atoms with van der Waals surface area (Å²) in [5.74, 6) is -2.36. The van der Waals surface area contributed by atoms with Gasteiger partial charge in [0, 0.05) is 29.6 Å². The Labute approximate surface area is 85.3 Å². The monoisotopic (exact) mass is 173 g/mol. The third kappa shape index (κ3) is 6.41. The van der Waals surface area contributed by atoms with Crippen LogP contribution in [0.1, 0.15) is 6.42 Å². The molecule has 0 amide bonds. The molecule has 0 aliphatic heterocycles. The summed E-state index contributed by atoms with van der Waals surface area (Å²) < 4.78 is 0. The quantitative estimate of drug-likeness (QED) is 0.396. The van der Waals surface area contributed by atoms with Gasteiger partial charge in [-0.3, -0.25) is 9.59 Å². The van der Waals surface area contributed by atoms with Gasteiger partial charge in [0.25, 0.3) is 0 Å². The van der Waals surface area contributed by atoms with Crippen LogP contribution in [0.2, 0.25) is 0 Å². The van der Waals surface area contributed by atoms with Crippen LogP contribution in [0, 0.1) is 0 Å². The molecule has 0 aromatic rings. The minimum atomic E-state index is -1.21. The summed E-state index contributed by atoms with van der Waals surface area (Å²) in [4.78, 5) is 19.7. The molecule has 2 N–H and O–H groups in total. The van der Waals surface area contributed by atoms with Gasteiger partial charge in [0.1, 0.15) is 5.25 Å². The van der Waals surface area contributed by atoms with Gasteiger partial charge in [0.15, 0.2) is 0 Å². The van der Waals surface area contributed by atoms with E-state index in [4.69, 9.17) is 10.2 Å². The van der Waals surface area contributed by atoms with Crippen LogP contribution < -0.4 is 0 Å². The molecule has 0 aromatic carbocycles. The first kappa shape index (κ1) is 12.9. The summed E-state index contributed by atoms with van der Waals surface area (Å²) in [6.45, 7) is 0. The minimum Gasteiger partial charge on any atom is -0.481 e. The van der Waals surface area contributed by atoms with E-state index >= 15 is 0 Å². The third-order valence-electron chi connectivity index (χ3n) is 0.653. The fraction of sp³-hybridized carbons (Fsp3) is 0.500. The zero-order valence-corrected chi connectivity index (χ0v) is 8.34. The molecular formula is C4H6NaO4S. The second kappa shape index (κ2) is 6.03. The normalized spacial score (nSPS) is 11.3. The number of carboxylic acid groups (broad SMARTS) is 2. The SMILES string of the molecule is O=C(O)CC(S)C(=O)O.[Na]. The van der Waals surface area contributed by atoms with Crippen LogP contribution in [-0.4, -0.2) is 57.0 Å². The van der Waals surface area contributed by atoms with E-state index in [1.807, 2.05) is 0 Å². The summed E-state index contributed by atoms with van der Waals surface area (Å²) in [7, 11) is 0. The van der Waals surface area contributed by atoms with Gasteiger partial charge in [0.2, 0.25) is 0 Å². The molecule has 0 saturated carbocycles. The number of rotatable bonds is 3.